The van der Waals surface area contributed by atoms with Crippen molar-refractivity contribution >= 4 is 23.2 Å². The Morgan fingerprint density at radius 3 is 2.76 bits per heavy atom. The number of amides is 1. The maximum Gasteiger partial charge on any atom is 0.257 e. The summed E-state index contributed by atoms with van der Waals surface area (Å²) in [6.45, 7) is 2.44. The van der Waals surface area contributed by atoms with Crippen LogP contribution in [0.25, 0.3) is 11.5 Å². The van der Waals surface area contributed by atoms with E-state index in [-0.39, 0.29) is 11.8 Å². The van der Waals surface area contributed by atoms with E-state index >= 15 is 0 Å². The summed E-state index contributed by atoms with van der Waals surface area (Å²) in [5.74, 6) is 0.989. The number of halogens is 1. The number of benzene rings is 2. The molecule has 1 aromatic heterocycles. The molecule has 1 saturated heterocycles. The molecule has 6 heteroatoms. The third kappa shape index (κ3) is 2.91. The molecule has 0 spiro atoms. The lowest BCUT2D eigenvalue weighted by atomic mass is 10.1. The molecule has 3 aromatic rings. The standard InChI is InChI=1S/C19H16ClN3O2/c1-12-15(20)8-5-9-16(12)23-11-14(10-17(23)24)18-21-19(25-22-18)13-6-3-2-4-7-13/h2-9,14H,10-11H2,1H3. The maximum atomic E-state index is 12.5. The van der Waals surface area contributed by atoms with Crippen molar-refractivity contribution in [3.63, 3.8) is 0 Å². The van der Waals surface area contributed by atoms with Crippen LogP contribution >= 0.6 is 11.6 Å². The zero-order valence-corrected chi connectivity index (χ0v) is 14.4. The lowest BCUT2D eigenvalue weighted by Gasteiger charge is -2.19. The highest BCUT2D eigenvalue weighted by Gasteiger charge is 2.35. The second-order valence-corrected chi connectivity index (χ2v) is 6.52. The summed E-state index contributed by atoms with van der Waals surface area (Å²) in [6.07, 6.45) is 0.361. The minimum Gasteiger partial charge on any atom is -0.334 e. The van der Waals surface area contributed by atoms with E-state index in [4.69, 9.17) is 16.1 Å². The molecule has 25 heavy (non-hydrogen) atoms. The van der Waals surface area contributed by atoms with E-state index in [1.165, 1.54) is 0 Å². The maximum absolute atomic E-state index is 12.5. The van der Waals surface area contributed by atoms with E-state index in [1.54, 1.807) is 4.90 Å². The van der Waals surface area contributed by atoms with Crippen molar-refractivity contribution in [3.05, 3.63) is 64.9 Å². The van der Waals surface area contributed by atoms with E-state index in [1.807, 2.05) is 55.5 Å². The predicted molar refractivity (Wildman–Crippen MR) is 95.6 cm³/mol. The van der Waals surface area contributed by atoms with Gasteiger partial charge in [-0.3, -0.25) is 4.79 Å². The van der Waals surface area contributed by atoms with Gasteiger partial charge in [-0.05, 0) is 36.8 Å². The van der Waals surface area contributed by atoms with E-state index in [9.17, 15) is 4.79 Å². The topological polar surface area (TPSA) is 59.2 Å². The highest BCUT2D eigenvalue weighted by atomic mass is 35.5. The van der Waals surface area contributed by atoms with Crippen LogP contribution in [0.5, 0.6) is 0 Å². The molecule has 1 fully saturated rings. The van der Waals surface area contributed by atoms with Crippen LogP contribution in [0.1, 0.15) is 23.7 Å². The van der Waals surface area contributed by atoms with Crippen LogP contribution in [0.2, 0.25) is 5.02 Å². The lowest BCUT2D eigenvalue weighted by Crippen LogP contribution is -2.25. The molecule has 5 nitrogen and oxygen atoms in total. The average molecular weight is 354 g/mol. The first-order valence-electron chi connectivity index (χ1n) is 8.08. The van der Waals surface area contributed by atoms with Gasteiger partial charge in [0.25, 0.3) is 5.89 Å². The van der Waals surface area contributed by atoms with E-state index < -0.39 is 0 Å². The monoisotopic (exact) mass is 353 g/mol. The van der Waals surface area contributed by atoms with Gasteiger partial charge in [0.1, 0.15) is 0 Å². The SMILES string of the molecule is Cc1c(Cl)cccc1N1CC(c2noc(-c3ccccc3)n2)CC1=O. The van der Waals surface area contributed by atoms with Crippen LogP contribution in [0, 0.1) is 6.92 Å². The molecule has 2 aromatic carbocycles. The molecule has 0 bridgehead atoms. The van der Waals surface area contributed by atoms with Gasteiger partial charge in [0.2, 0.25) is 5.91 Å². The quantitative estimate of drug-likeness (QED) is 0.707. The molecule has 1 aliphatic heterocycles. The molecule has 4 rings (SSSR count). The molecule has 0 saturated carbocycles. The van der Waals surface area contributed by atoms with Gasteiger partial charge in [0, 0.05) is 35.2 Å². The molecule has 1 amide bonds. The summed E-state index contributed by atoms with van der Waals surface area (Å²) in [5, 5.41) is 4.74. The van der Waals surface area contributed by atoms with Crippen LogP contribution in [-0.2, 0) is 4.79 Å². The normalized spacial score (nSPS) is 17.3. The van der Waals surface area contributed by atoms with Gasteiger partial charge in [0.05, 0.1) is 0 Å². The Morgan fingerprint density at radius 1 is 1.16 bits per heavy atom. The summed E-state index contributed by atoms with van der Waals surface area (Å²) in [7, 11) is 0. The van der Waals surface area contributed by atoms with Crippen LogP contribution < -0.4 is 4.90 Å². The Labute approximate surface area is 150 Å². The van der Waals surface area contributed by atoms with E-state index in [0.29, 0.717) is 29.7 Å². The molecular weight excluding hydrogens is 338 g/mol. The Bertz CT molecular complexity index is 923. The van der Waals surface area contributed by atoms with Gasteiger partial charge in [-0.1, -0.05) is 41.0 Å². The number of aromatic nitrogens is 2. The van der Waals surface area contributed by atoms with Crippen molar-refractivity contribution < 1.29 is 9.32 Å². The fraction of sp³-hybridized carbons (Fsp3) is 0.211. The number of anilines is 1. The highest BCUT2D eigenvalue weighted by Crippen LogP contribution is 2.34. The molecule has 0 N–H and O–H groups in total. The van der Waals surface area contributed by atoms with Crippen molar-refractivity contribution in [2.75, 3.05) is 11.4 Å². The lowest BCUT2D eigenvalue weighted by molar-refractivity contribution is -0.117. The van der Waals surface area contributed by atoms with Gasteiger partial charge in [-0.15, -0.1) is 0 Å². The summed E-state index contributed by atoms with van der Waals surface area (Å²) in [6, 6.07) is 15.2. The Hall–Kier alpha value is -2.66. The largest absolute Gasteiger partial charge is 0.334 e. The molecule has 0 radical (unpaired) electrons. The number of rotatable bonds is 3. The second kappa shape index (κ2) is 6.33. The molecule has 0 aliphatic carbocycles. The Kier molecular flexibility index (Phi) is 4.01. The van der Waals surface area contributed by atoms with Gasteiger partial charge >= 0.3 is 0 Å². The van der Waals surface area contributed by atoms with Crippen molar-refractivity contribution in [1.29, 1.82) is 0 Å². The molecule has 1 unspecified atom stereocenters. The average Bonchev–Trinajstić information content (AvgIpc) is 3.25. The van der Waals surface area contributed by atoms with Gasteiger partial charge in [0.15, 0.2) is 5.82 Å². The number of hydrogen-bond donors (Lipinski definition) is 0. The van der Waals surface area contributed by atoms with Gasteiger partial charge < -0.3 is 9.42 Å². The van der Waals surface area contributed by atoms with Crippen LogP contribution in [-0.4, -0.2) is 22.6 Å². The van der Waals surface area contributed by atoms with Crippen LogP contribution in [0.15, 0.2) is 53.1 Å². The smallest absolute Gasteiger partial charge is 0.257 e. The molecule has 126 valence electrons. The van der Waals surface area contributed by atoms with E-state index in [0.717, 1.165) is 16.8 Å². The van der Waals surface area contributed by atoms with Crippen molar-refractivity contribution in [2.24, 2.45) is 0 Å². The number of nitrogens with zero attached hydrogens (tertiary/aromatic N) is 3. The first kappa shape index (κ1) is 15.8. The first-order valence-corrected chi connectivity index (χ1v) is 8.46. The molecule has 1 aliphatic rings. The molecule has 2 heterocycles. The molecular formula is C19H16ClN3O2. The summed E-state index contributed by atoms with van der Waals surface area (Å²) >= 11 is 6.19. The first-order chi connectivity index (χ1) is 12.1. The minimum absolute atomic E-state index is 0.0430. The summed E-state index contributed by atoms with van der Waals surface area (Å²) < 4.78 is 5.37. The predicted octanol–water partition coefficient (Wildman–Crippen LogP) is 4.22. The Balaban J connectivity index is 1.59. The minimum atomic E-state index is -0.0907. The fourth-order valence-electron chi connectivity index (χ4n) is 3.10. The third-order valence-electron chi connectivity index (χ3n) is 4.48. The number of hydrogen-bond acceptors (Lipinski definition) is 4. The van der Waals surface area contributed by atoms with Gasteiger partial charge in [-0.2, -0.15) is 4.98 Å². The van der Waals surface area contributed by atoms with E-state index in [2.05, 4.69) is 10.1 Å². The number of carbonyl (C=O) groups excluding carboxylic acids is 1. The zero-order valence-electron chi connectivity index (χ0n) is 13.6. The second-order valence-electron chi connectivity index (χ2n) is 6.11. The zero-order chi connectivity index (χ0) is 17.4. The van der Waals surface area contributed by atoms with Crippen molar-refractivity contribution in [3.8, 4) is 11.5 Å². The van der Waals surface area contributed by atoms with Crippen LogP contribution in [0.3, 0.4) is 0 Å². The third-order valence-corrected chi connectivity index (χ3v) is 4.89. The summed E-state index contributed by atoms with van der Waals surface area (Å²) in [4.78, 5) is 18.7. The number of carbonyl (C=O) groups is 1. The fourth-order valence-corrected chi connectivity index (χ4v) is 3.27. The Morgan fingerprint density at radius 2 is 1.96 bits per heavy atom. The van der Waals surface area contributed by atoms with Crippen molar-refractivity contribution in [2.45, 2.75) is 19.3 Å². The molecule has 1 atom stereocenters. The highest BCUT2D eigenvalue weighted by molar-refractivity contribution is 6.31. The summed E-state index contributed by atoms with van der Waals surface area (Å²) in [5.41, 5.74) is 2.61. The van der Waals surface area contributed by atoms with Gasteiger partial charge in [-0.25, -0.2) is 0 Å². The van der Waals surface area contributed by atoms with Crippen LogP contribution in [0.4, 0.5) is 5.69 Å². The van der Waals surface area contributed by atoms with Crippen molar-refractivity contribution in [1.82, 2.24) is 10.1 Å².